The van der Waals surface area contributed by atoms with E-state index in [9.17, 15) is 20.0 Å². The van der Waals surface area contributed by atoms with Crippen LogP contribution in [0.1, 0.15) is 42.5 Å². The predicted octanol–water partition coefficient (Wildman–Crippen LogP) is 2.92. The Morgan fingerprint density at radius 1 is 1.38 bits per heavy atom. The number of phenolic OH excluding ortho intramolecular Hbond substituents is 1. The molecule has 2 rings (SSSR count). The highest BCUT2D eigenvalue weighted by atomic mass is 16.6. The van der Waals surface area contributed by atoms with Crippen LogP contribution in [-0.2, 0) is 0 Å². The van der Waals surface area contributed by atoms with Crippen LogP contribution in [-0.4, -0.2) is 22.5 Å². The molecule has 1 aromatic carbocycles. The van der Waals surface area contributed by atoms with Gasteiger partial charge in [0.15, 0.2) is 5.75 Å². The molecule has 0 bridgehead atoms. The Bertz CT molecular complexity index is 581. The number of benzene rings is 1. The molecule has 0 atom stereocenters. The van der Waals surface area contributed by atoms with E-state index in [0.29, 0.717) is 6.54 Å². The van der Waals surface area contributed by atoms with Crippen LogP contribution in [0.15, 0.2) is 29.8 Å². The van der Waals surface area contributed by atoms with E-state index in [0.717, 1.165) is 31.4 Å². The summed E-state index contributed by atoms with van der Waals surface area (Å²) in [7, 11) is 0. The second-order valence-corrected chi connectivity index (χ2v) is 5.07. The molecule has 0 aromatic heterocycles. The summed E-state index contributed by atoms with van der Waals surface area (Å²) in [4.78, 5) is 21.8. The van der Waals surface area contributed by atoms with Crippen LogP contribution in [0.3, 0.4) is 0 Å². The maximum absolute atomic E-state index is 11.9. The maximum atomic E-state index is 11.9. The average molecular weight is 290 g/mol. The van der Waals surface area contributed by atoms with Gasteiger partial charge in [-0.3, -0.25) is 14.9 Å². The molecule has 1 amide bonds. The molecule has 0 aliphatic heterocycles. The number of hydrogen-bond donors (Lipinski definition) is 2. The number of carbonyl (C=O) groups is 1. The van der Waals surface area contributed by atoms with Gasteiger partial charge in [0, 0.05) is 18.2 Å². The molecule has 0 saturated carbocycles. The van der Waals surface area contributed by atoms with E-state index in [2.05, 4.69) is 11.4 Å². The van der Waals surface area contributed by atoms with Gasteiger partial charge in [-0.2, -0.15) is 0 Å². The van der Waals surface area contributed by atoms with Crippen LogP contribution in [0.2, 0.25) is 0 Å². The minimum atomic E-state index is -0.688. The fraction of sp³-hybridized carbons (Fsp3) is 0.400. The zero-order chi connectivity index (χ0) is 15.2. The van der Waals surface area contributed by atoms with Gasteiger partial charge in [-0.05, 0) is 44.2 Å². The molecule has 0 saturated heterocycles. The molecule has 0 spiro atoms. The van der Waals surface area contributed by atoms with Gasteiger partial charge in [-0.1, -0.05) is 11.6 Å². The Morgan fingerprint density at radius 3 is 2.81 bits per heavy atom. The first-order valence-corrected chi connectivity index (χ1v) is 7.01. The molecule has 0 heterocycles. The van der Waals surface area contributed by atoms with Crippen molar-refractivity contribution in [3.63, 3.8) is 0 Å². The van der Waals surface area contributed by atoms with Crippen molar-refractivity contribution in [2.75, 3.05) is 6.54 Å². The number of phenols is 1. The molecule has 0 radical (unpaired) electrons. The average Bonchev–Trinajstić information content (AvgIpc) is 2.47. The summed E-state index contributed by atoms with van der Waals surface area (Å²) >= 11 is 0. The molecule has 6 heteroatoms. The zero-order valence-corrected chi connectivity index (χ0v) is 11.7. The minimum absolute atomic E-state index is 0.218. The Hall–Kier alpha value is -2.37. The molecular weight excluding hydrogens is 272 g/mol. The SMILES string of the molecule is O=C(NCCC1=CCCCC1)c1ccc([N+](=O)[O-])c(O)c1. The van der Waals surface area contributed by atoms with Crippen molar-refractivity contribution >= 4 is 11.6 Å². The summed E-state index contributed by atoms with van der Waals surface area (Å²) in [5.41, 5.74) is 1.18. The third-order valence-electron chi connectivity index (χ3n) is 3.55. The van der Waals surface area contributed by atoms with Crippen molar-refractivity contribution in [1.29, 1.82) is 0 Å². The molecule has 1 aromatic rings. The monoisotopic (exact) mass is 290 g/mol. The van der Waals surface area contributed by atoms with Gasteiger partial charge in [-0.15, -0.1) is 0 Å². The Kier molecular flexibility index (Phi) is 4.92. The van der Waals surface area contributed by atoms with E-state index < -0.39 is 16.4 Å². The number of carbonyl (C=O) groups excluding carboxylic acids is 1. The fourth-order valence-electron chi connectivity index (χ4n) is 2.39. The number of rotatable bonds is 5. The Morgan fingerprint density at radius 2 is 2.19 bits per heavy atom. The third kappa shape index (κ3) is 4.05. The number of nitro groups is 1. The van der Waals surface area contributed by atoms with Crippen molar-refractivity contribution < 1.29 is 14.8 Å². The van der Waals surface area contributed by atoms with Gasteiger partial charge < -0.3 is 10.4 Å². The first-order valence-electron chi connectivity index (χ1n) is 7.01. The lowest BCUT2D eigenvalue weighted by atomic mass is 9.97. The van der Waals surface area contributed by atoms with Crippen LogP contribution in [0.4, 0.5) is 5.69 Å². The smallest absolute Gasteiger partial charge is 0.310 e. The van der Waals surface area contributed by atoms with Gasteiger partial charge in [-0.25, -0.2) is 0 Å². The van der Waals surface area contributed by atoms with Crippen molar-refractivity contribution in [1.82, 2.24) is 5.32 Å². The predicted molar refractivity (Wildman–Crippen MR) is 78.3 cm³/mol. The van der Waals surface area contributed by atoms with E-state index in [1.165, 1.54) is 24.5 Å². The topological polar surface area (TPSA) is 92.5 Å². The third-order valence-corrected chi connectivity index (χ3v) is 3.55. The van der Waals surface area contributed by atoms with Gasteiger partial charge in [0.05, 0.1) is 4.92 Å². The molecule has 1 aliphatic rings. The second kappa shape index (κ2) is 6.88. The number of nitrogens with one attached hydrogen (secondary N) is 1. The van der Waals surface area contributed by atoms with Crippen LogP contribution >= 0.6 is 0 Å². The summed E-state index contributed by atoms with van der Waals surface area (Å²) in [6.45, 7) is 0.530. The summed E-state index contributed by atoms with van der Waals surface area (Å²) in [6, 6.07) is 3.59. The van der Waals surface area contributed by atoms with Crippen LogP contribution in [0.25, 0.3) is 0 Å². The molecular formula is C15H18N2O4. The summed E-state index contributed by atoms with van der Waals surface area (Å²) in [5.74, 6) is -0.834. The molecule has 0 fully saturated rings. The quantitative estimate of drug-likeness (QED) is 0.495. The Balaban J connectivity index is 1.89. The first kappa shape index (κ1) is 15.0. The minimum Gasteiger partial charge on any atom is -0.502 e. The fourth-order valence-corrected chi connectivity index (χ4v) is 2.39. The van der Waals surface area contributed by atoms with Crippen LogP contribution < -0.4 is 5.32 Å². The van der Waals surface area contributed by atoms with Crippen LogP contribution in [0.5, 0.6) is 5.75 Å². The summed E-state index contributed by atoms with van der Waals surface area (Å²) < 4.78 is 0. The lowest BCUT2D eigenvalue weighted by Crippen LogP contribution is -2.24. The lowest BCUT2D eigenvalue weighted by Gasteiger charge is -2.13. The first-order chi connectivity index (χ1) is 10.1. The van der Waals surface area contributed by atoms with Gasteiger partial charge in [0.1, 0.15) is 0 Å². The molecule has 0 unspecified atom stereocenters. The number of allylic oxidation sites excluding steroid dienone is 1. The summed E-state index contributed by atoms with van der Waals surface area (Å²) in [5, 5.41) is 22.9. The number of aromatic hydroxyl groups is 1. The van der Waals surface area contributed by atoms with E-state index >= 15 is 0 Å². The van der Waals surface area contributed by atoms with Gasteiger partial charge >= 0.3 is 5.69 Å². The van der Waals surface area contributed by atoms with Crippen molar-refractivity contribution in [3.05, 3.63) is 45.5 Å². The van der Waals surface area contributed by atoms with E-state index in [1.807, 2.05) is 0 Å². The number of nitro benzene ring substituents is 1. The van der Waals surface area contributed by atoms with E-state index in [4.69, 9.17) is 0 Å². The number of amides is 1. The molecule has 112 valence electrons. The normalized spacial score (nSPS) is 14.4. The molecule has 2 N–H and O–H groups in total. The largest absolute Gasteiger partial charge is 0.502 e. The molecule has 21 heavy (non-hydrogen) atoms. The number of nitrogens with zero attached hydrogens (tertiary/aromatic N) is 1. The molecule has 6 nitrogen and oxygen atoms in total. The lowest BCUT2D eigenvalue weighted by molar-refractivity contribution is -0.385. The van der Waals surface area contributed by atoms with E-state index in [-0.39, 0.29) is 11.5 Å². The highest BCUT2D eigenvalue weighted by Crippen LogP contribution is 2.26. The van der Waals surface area contributed by atoms with Crippen molar-refractivity contribution in [2.24, 2.45) is 0 Å². The summed E-state index contributed by atoms with van der Waals surface area (Å²) in [6.07, 6.45) is 7.69. The van der Waals surface area contributed by atoms with Crippen molar-refractivity contribution in [2.45, 2.75) is 32.1 Å². The second-order valence-electron chi connectivity index (χ2n) is 5.07. The number of hydrogen-bond acceptors (Lipinski definition) is 4. The van der Waals surface area contributed by atoms with Gasteiger partial charge in [0.25, 0.3) is 5.91 Å². The van der Waals surface area contributed by atoms with Crippen molar-refractivity contribution in [3.8, 4) is 5.75 Å². The highest BCUT2D eigenvalue weighted by Gasteiger charge is 2.15. The van der Waals surface area contributed by atoms with E-state index in [1.54, 1.807) is 0 Å². The van der Waals surface area contributed by atoms with Gasteiger partial charge in [0.2, 0.25) is 0 Å². The Labute approximate surface area is 122 Å². The highest BCUT2D eigenvalue weighted by molar-refractivity contribution is 5.95. The molecule has 1 aliphatic carbocycles. The standard InChI is InChI=1S/C15H18N2O4/c18-14-10-12(6-7-13(14)17(20)21)15(19)16-9-8-11-4-2-1-3-5-11/h4,6-7,10,18H,1-3,5,8-9H2,(H,16,19). The maximum Gasteiger partial charge on any atom is 0.310 e. The zero-order valence-electron chi connectivity index (χ0n) is 11.7. The van der Waals surface area contributed by atoms with Crippen LogP contribution in [0, 0.1) is 10.1 Å².